The highest BCUT2D eigenvalue weighted by molar-refractivity contribution is 4.64. The lowest BCUT2D eigenvalue weighted by Gasteiger charge is -2.02. The molecule has 0 fully saturated rings. The quantitative estimate of drug-likeness (QED) is 0.526. The van der Waals surface area contributed by atoms with Crippen molar-refractivity contribution in [1.29, 1.82) is 0 Å². The highest BCUT2D eigenvalue weighted by Crippen LogP contribution is 1.78. The van der Waals surface area contributed by atoms with Crippen molar-refractivity contribution in [2.24, 2.45) is 5.73 Å². The van der Waals surface area contributed by atoms with Crippen molar-refractivity contribution in [2.45, 2.75) is 40.7 Å². The van der Waals surface area contributed by atoms with E-state index in [4.69, 9.17) is 10.5 Å². The van der Waals surface area contributed by atoms with E-state index in [-0.39, 0.29) is 6.04 Å². The summed E-state index contributed by atoms with van der Waals surface area (Å²) in [5.41, 5.74) is 5.37. The van der Waals surface area contributed by atoms with Crippen LogP contribution in [-0.4, -0.2) is 19.3 Å². The molecule has 12 heavy (non-hydrogen) atoms. The Bertz CT molecular complexity index is 62.9. The van der Waals surface area contributed by atoms with E-state index in [2.05, 4.69) is 6.58 Å². The molecule has 0 saturated carbocycles. The van der Waals surface area contributed by atoms with Crippen molar-refractivity contribution in [3.05, 3.63) is 12.7 Å². The lowest BCUT2D eigenvalue weighted by molar-refractivity contribution is 0.151. The third kappa shape index (κ3) is 33.4. The van der Waals surface area contributed by atoms with E-state index in [9.17, 15) is 0 Å². The van der Waals surface area contributed by atoms with Crippen LogP contribution >= 0.6 is 0 Å². The SMILES string of the molecule is C=CCOCC(C)N.CC.CC. The fourth-order valence-corrected chi connectivity index (χ4v) is 0.337. The Morgan fingerprint density at radius 2 is 1.75 bits per heavy atom. The third-order valence-electron chi connectivity index (χ3n) is 0.616. The number of hydrogen-bond donors (Lipinski definition) is 1. The van der Waals surface area contributed by atoms with E-state index in [1.165, 1.54) is 0 Å². The molecule has 0 aromatic rings. The van der Waals surface area contributed by atoms with Crippen molar-refractivity contribution in [2.75, 3.05) is 13.2 Å². The van der Waals surface area contributed by atoms with Crippen molar-refractivity contribution in [3.8, 4) is 0 Å². The molecule has 0 aliphatic rings. The first kappa shape index (κ1) is 17.7. The summed E-state index contributed by atoms with van der Waals surface area (Å²) >= 11 is 0. The van der Waals surface area contributed by atoms with E-state index in [1.807, 2.05) is 34.6 Å². The molecule has 1 atom stereocenters. The molecule has 0 aromatic heterocycles. The Balaban J connectivity index is -0.000000175. The minimum absolute atomic E-state index is 0.134. The summed E-state index contributed by atoms with van der Waals surface area (Å²) in [6.45, 7) is 14.6. The first-order valence-electron chi connectivity index (χ1n) is 4.71. The van der Waals surface area contributed by atoms with Crippen LogP contribution in [0.5, 0.6) is 0 Å². The minimum atomic E-state index is 0.134. The molecule has 0 radical (unpaired) electrons. The second-order valence-corrected chi connectivity index (χ2v) is 1.80. The summed E-state index contributed by atoms with van der Waals surface area (Å²) in [5.74, 6) is 0. The maximum atomic E-state index is 5.37. The predicted molar refractivity (Wildman–Crippen MR) is 57.4 cm³/mol. The molecule has 2 N–H and O–H groups in total. The van der Waals surface area contributed by atoms with E-state index in [0.29, 0.717) is 13.2 Å². The molecule has 0 bridgehead atoms. The van der Waals surface area contributed by atoms with Crippen molar-refractivity contribution in [3.63, 3.8) is 0 Å². The van der Waals surface area contributed by atoms with Gasteiger partial charge in [0.2, 0.25) is 0 Å². The van der Waals surface area contributed by atoms with Gasteiger partial charge in [0.15, 0.2) is 0 Å². The summed E-state index contributed by atoms with van der Waals surface area (Å²) in [6.07, 6.45) is 1.71. The van der Waals surface area contributed by atoms with Gasteiger partial charge in [-0.05, 0) is 6.92 Å². The van der Waals surface area contributed by atoms with Crippen LogP contribution in [0.2, 0.25) is 0 Å². The van der Waals surface area contributed by atoms with Crippen LogP contribution in [0.4, 0.5) is 0 Å². The van der Waals surface area contributed by atoms with E-state index >= 15 is 0 Å². The Kier molecular flexibility index (Phi) is 33.0. The van der Waals surface area contributed by atoms with Crippen LogP contribution in [0.1, 0.15) is 34.6 Å². The van der Waals surface area contributed by atoms with E-state index < -0.39 is 0 Å². The van der Waals surface area contributed by atoms with Gasteiger partial charge >= 0.3 is 0 Å². The lowest BCUT2D eigenvalue weighted by atomic mass is 10.4. The zero-order valence-electron chi connectivity index (χ0n) is 9.26. The Morgan fingerprint density at radius 3 is 2.00 bits per heavy atom. The van der Waals surface area contributed by atoms with E-state index in [1.54, 1.807) is 6.08 Å². The van der Waals surface area contributed by atoms with Gasteiger partial charge in [0.05, 0.1) is 13.2 Å². The molecule has 0 rings (SSSR count). The number of nitrogens with two attached hydrogens (primary N) is 1. The first-order chi connectivity index (χ1) is 5.77. The minimum Gasteiger partial charge on any atom is -0.376 e. The largest absolute Gasteiger partial charge is 0.376 e. The van der Waals surface area contributed by atoms with Gasteiger partial charge in [-0.3, -0.25) is 0 Å². The number of hydrogen-bond acceptors (Lipinski definition) is 2. The van der Waals surface area contributed by atoms with Gasteiger partial charge in [-0.1, -0.05) is 33.8 Å². The normalized spacial score (nSPS) is 9.83. The smallest absolute Gasteiger partial charge is 0.0645 e. The maximum Gasteiger partial charge on any atom is 0.0645 e. The molecule has 0 aromatic carbocycles. The van der Waals surface area contributed by atoms with Gasteiger partial charge in [-0.2, -0.15) is 0 Å². The molecule has 0 amide bonds. The van der Waals surface area contributed by atoms with Crippen molar-refractivity contribution < 1.29 is 4.74 Å². The van der Waals surface area contributed by atoms with Crippen LogP contribution in [0.15, 0.2) is 12.7 Å². The molecular weight excluding hydrogens is 150 g/mol. The van der Waals surface area contributed by atoms with Gasteiger partial charge in [0, 0.05) is 6.04 Å². The molecule has 2 nitrogen and oxygen atoms in total. The summed E-state index contributed by atoms with van der Waals surface area (Å²) in [7, 11) is 0. The standard InChI is InChI=1S/C6H13NO.2C2H6/c1-3-4-8-5-6(2)7;2*1-2/h3,6H,1,4-5,7H2,2H3;2*1-2H3. The third-order valence-corrected chi connectivity index (χ3v) is 0.616. The zero-order chi connectivity index (χ0) is 10.4. The molecule has 2 heteroatoms. The topological polar surface area (TPSA) is 35.2 Å². The lowest BCUT2D eigenvalue weighted by Crippen LogP contribution is -2.21. The van der Waals surface area contributed by atoms with Gasteiger partial charge in [-0.15, -0.1) is 6.58 Å². The van der Waals surface area contributed by atoms with Crippen LogP contribution in [0.25, 0.3) is 0 Å². The molecule has 0 aliphatic carbocycles. The van der Waals surface area contributed by atoms with Gasteiger partial charge in [0.1, 0.15) is 0 Å². The molecule has 1 unspecified atom stereocenters. The highest BCUT2D eigenvalue weighted by atomic mass is 16.5. The van der Waals surface area contributed by atoms with E-state index in [0.717, 1.165) is 0 Å². The van der Waals surface area contributed by atoms with Crippen LogP contribution in [-0.2, 0) is 4.74 Å². The average molecular weight is 175 g/mol. The summed E-state index contributed by atoms with van der Waals surface area (Å²) in [5, 5.41) is 0. The van der Waals surface area contributed by atoms with Crippen molar-refractivity contribution >= 4 is 0 Å². The monoisotopic (exact) mass is 175 g/mol. The van der Waals surface area contributed by atoms with Crippen molar-refractivity contribution in [1.82, 2.24) is 0 Å². The average Bonchev–Trinajstić information content (AvgIpc) is 2.12. The molecule has 0 spiro atoms. The Morgan fingerprint density at radius 1 is 1.33 bits per heavy atom. The van der Waals surface area contributed by atoms with Crippen LogP contribution in [0.3, 0.4) is 0 Å². The predicted octanol–water partition coefficient (Wildman–Crippen LogP) is 2.59. The summed E-state index contributed by atoms with van der Waals surface area (Å²) in [6, 6.07) is 0.134. The second kappa shape index (κ2) is 22.4. The fourth-order valence-electron chi connectivity index (χ4n) is 0.337. The molecule has 76 valence electrons. The molecule has 0 saturated heterocycles. The van der Waals surface area contributed by atoms with Gasteiger partial charge in [0.25, 0.3) is 0 Å². The molecule has 0 heterocycles. The fraction of sp³-hybridized carbons (Fsp3) is 0.800. The summed E-state index contributed by atoms with van der Waals surface area (Å²) < 4.78 is 5.00. The second-order valence-electron chi connectivity index (χ2n) is 1.80. The Labute approximate surface area is 77.8 Å². The van der Waals surface area contributed by atoms with Crippen LogP contribution < -0.4 is 5.73 Å². The maximum absolute atomic E-state index is 5.37. The number of rotatable bonds is 4. The van der Waals surface area contributed by atoms with Gasteiger partial charge < -0.3 is 10.5 Å². The molecule has 0 aliphatic heterocycles. The molecular formula is C10H25NO. The van der Waals surface area contributed by atoms with Crippen LogP contribution in [0, 0.1) is 0 Å². The first-order valence-corrected chi connectivity index (χ1v) is 4.71. The highest BCUT2D eigenvalue weighted by Gasteiger charge is 1.89. The summed E-state index contributed by atoms with van der Waals surface area (Å²) in [4.78, 5) is 0. The van der Waals surface area contributed by atoms with Gasteiger partial charge in [-0.25, -0.2) is 0 Å². The Hall–Kier alpha value is -0.340. The zero-order valence-corrected chi connectivity index (χ0v) is 9.26. The number of ether oxygens (including phenoxy) is 1.